The molecule has 0 saturated heterocycles. The van der Waals surface area contributed by atoms with Crippen LogP contribution in [0.5, 0.6) is 0 Å². The van der Waals surface area contributed by atoms with Gasteiger partial charge in [-0.15, -0.1) is 0 Å². The number of carbonyl (C=O) groups excluding carboxylic acids is 1. The zero-order valence-corrected chi connectivity index (χ0v) is 20.5. The largest absolute Gasteiger partial charge is 0.345 e. The molecule has 2 N–H and O–H groups in total. The van der Waals surface area contributed by atoms with E-state index in [0.717, 1.165) is 35.1 Å². The van der Waals surface area contributed by atoms with Crippen LogP contribution in [0.3, 0.4) is 0 Å². The molecule has 6 rings (SSSR count). The van der Waals surface area contributed by atoms with Crippen molar-refractivity contribution in [3.8, 4) is 11.1 Å². The van der Waals surface area contributed by atoms with E-state index in [1.165, 1.54) is 13.2 Å². The van der Waals surface area contributed by atoms with Crippen LogP contribution < -0.4 is 4.72 Å². The Bertz CT molecular complexity index is 1650. The zero-order valence-electron chi connectivity index (χ0n) is 19.7. The fourth-order valence-corrected chi connectivity index (χ4v) is 5.39. The molecule has 0 spiro atoms. The summed E-state index contributed by atoms with van der Waals surface area (Å²) in [5, 5.41) is 0.354. The van der Waals surface area contributed by atoms with Gasteiger partial charge in [0.15, 0.2) is 5.82 Å². The molecule has 9 nitrogen and oxygen atoms in total. The number of aromatic amines is 1. The van der Waals surface area contributed by atoms with Gasteiger partial charge in [-0.1, -0.05) is 0 Å². The maximum atomic E-state index is 15.4. The number of aromatic nitrogens is 4. The van der Waals surface area contributed by atoms with Crippen LogP contribution in [0.25, 0.3) is 22.2 Å². The first-order valence-electron chi connectivity index (χ1n) is 11.8. The lowest BCUT2D eigenvalue weighted by molar-refractivity contribution is 0.103. The Balaban J connectivity index is 1.35. The molecule has 0 atom stereocenters. The number of rotatable bonds is 8. The monoisotopic (exact) mass is 524 g/mol. The van der Waals surface area contributed by atoms with Gasteiger partial charge >= 0.3 is 10.2 Å². The fourth-order valence-electron chi connectivity index (χ4n) is 4.21. The Morgan fingerprint density at radius 3 is 2.43 bits per heavy atom. The smallest absolute Gasteiger partial charge is 0.301 e. The van der Waals surface area contributed by atoms with Crippen molar-refractivity contribution in [1.29, 1.82) is 0 Å². The summed E-state index contributed by atoms with van der Waals surface area (Å²) in [6.07, 6.45) is 9.86. The molecule has 190 valence electrons. The van der Waals surface area contributed by atoms with Crippen LogP contribution in [0.15, 0.2) is 43.0 Å². The number of nitrogens with one attached hydrogen (secondary N) is 2. The highest BCUT2D eigenvalue weighted by Crippen LogP contribution is 2.38. The second kappa shape index (κ2) is 8.67. The fraction of sp³-hybridized carbons (Fsp3) is 0.280. The molecule has 4 aromatic rings. The van der Waals surface area contributed by atoms with E-state index >= 15 is 4.39 Å². The predicted octanol–water partition coefficient (Wildman–Crippen LogP) is 4.16. The quantitative estimate of drug-likeness (QED) is 0.334. The minimum Gasteiger partial charge on any atom is -0.345 e. The number of fused-ring (bicyclic) bond motifs is 1. The summed E-state index contributed by atoms with van der Waals surface area (Å²) >= 11 is 0. The maximum absolute atomic E-state index is 15.4. The first kappa shape index (κ1) is 23.6. The number of hydrogen-bond donors (Lipinski definition) is 2. The number of pyridine rings is 1. The molecule has 0 radical (unpaired) electrons. The summed E-state index contributed by atoms with van der Waals surface area (Å²) in [6.45, 7) is 0. The molecular formula is C25H22F2N6O3S. The van der Waals surface area contributed by atoms with Gasteiger partial charge in [-0.3, -0.25) is 9.52 Å². The van der Waals surface area contributed by atoms with Crippen LogP contribution in [0, 0.1) is 11.6 Å². The van der Waals surface area contributed by atoms with Crippen LogP contribution in [0.1, 0.15) is 53.3 Å². The van der Waals surface area contributed by atoms with Crippen LogP contribution >= 0.6 is 0 Å². The first-order valence-corrected chi connectivity index (χ1v) is 13.2. The van der Waals surface area contributed by atoms with Crippen molar-refractivity contribution in [2.24, 2.45) is 0 Å². The molecule has 0 bridgehead atoms. The second-order valence-electron chi connectivity index (χ2n) is 9.39. The number of H-pyrrole nitrogens is 1. The molecule has 3 heterocycles. The summed E-state index contributed by atoms with van der Waals surface area (Å²) in [6, 6.07) is 3.34. The van der Waals surface area contributed by atoms with Crippen LogP contribution in [0.4, 0.5) is 14.5 Å². The van der Waals surface area contributed by atoms with E-state index in [1.807, 2.05) is 0 Å². The minimum atomic E-state index is -4.08. The Morgan fingerprint density at radius 1 is 1.05 bits per heavy atom. The minimum absolute atomic E-state index is 0.00669. The van der Waals surface area contributed by atoms with Gasteiger partial charge in [0.1, 0.15) is 17.3 Å². The normalized spacial score (nSPS) is 15.9. The van der Waals surface area contributed by atoms with Crippen LogP contribution in [-0.4, -0.2) is 51.5 Å². The number of carbonyl (C=O) groups is 1. The summed E-state index contributed by atoms with van der Waals surface area (Å²) in [5.74, 6) is -2.15. The molecular weight excluding hydrogens is 502 g/mol. The highest BCUT2D eigenvalue weighted by molar-refractivity contribution is 7.90. The van der Waals surface area contributed by atoms with E-state index in [2.05, 4.69) is 24.7 Å². The zero-order chi connectivity index (χ0) is 25.9. The molecule has 0 unspecified atom stereocenters. The van der Waals surface area contributed by atoms with Gasteiger partial charge in [0.05, 0.1) is 11.3 Å². The van der Waals surface area contributed by atoms with E-state index in [1.54, 1.807) is 24.7 Å². The molecule has 2 saturated carbocycles. The van der Waals surface area contributed by atoms with Crippen molar-refractivity contribution in [3.05, 3.63) is 71.6 Å². The molecule has 3 aromatic heterocycles. The molecule has 0 amide bonds. The number of anilines is 1. The van der Waals surface area contributed by atoms with Crippen LogP contribution in [0.2, 0.25) is 0 Å². The third kappa shape index (κ3) is 4.36. The van der Waals surface area contributed by atoms with Crippen molar-refractivity contribution < 1.29 is 22.0 Å². The van der Waals surface area contributed by atoms with Crippen molar-refractivity contribution in [2.45, 2.75) is 37.6 Å². The van der Waals surface area contributed by atoms with Crippen molar-refractivity contribution >= 4 is 32.7 Å². The van der Waals surface area contributed by atoms with Crippen molar-refractivity contribution in [3.63, 3.8) is 0 Å². The van der Waals surface area contributed by atoms with E-state index in [4.69, 9.17) is 0 Å². The predicted molar refractivity (Wildman–Crippen MR) is 132 cm³/mol. The van der Waals surface area contributed by atoms with Gasteiger partial charge in [-0.2, -0.15) is 12.7 Å². The van der Waals surface area contributed by atoms with Crippen molar-refractivity contribution in [1.82, 2.24) is 24.2 Å². The Morgan fingerprint density at radius 2 is 1.76 bits per heavy atom. The average molecular weight is 525 g/mol. The Labute approximate surface area is 211 Å². The van der Waals surface area contributed by atoms with Gasteiger partial charge in [0.2, 0.25) is 5.78 Å². The number of halogens is 2. The van der Waals surface area contributed by atoms with Gasteiger partial charge < -0.3 is 4.98 Å². The molecule has 2 aliphatic carbocycles. The highest BCUT2D eigenvalue weighted by atomic mass is 32.2. The third-order valence-electron chi connectivity index (χ3n) is 6.72. The average Bonchev–Trinajstić information content (AvgIpc) is 3.82. The number of ketones is 1. The summed E-state index contributed by atoms with van der Waals surface area (Å²) in [5.41, 5.74) is 0.293. The third-order valence-corrected chi connectivity index (χ3v) is 8.25. The van der Waals surface area contributed by atoms with E-state index < -0.39 is 38.9 Å². The highest BCUT2D eigenvalue weighted by Gasteiger charge is 2.35. The van der Waals surface area contributed by atoms with Gasteiger partial charge in [-0.05, 0) is 43.9 Å². The van der Waals surface area contributed by atoms with Crippen molar-refractivity contribution in [2.75, 3.05) is 11.8 Å². The lowest BCUT2D eigenvalue weighted by Crippen LogP contribution is -2.34. The lowest BCUT2D eigenvalue weighted by Gasteiger charge is -2.18. The van der Waals surface area contributed by atoms with Gasteiger partial charge in [0.25, 0.3) is 0 Å². The summed E-state index contributed by atoms with van der Waals surface area (Å²) < 4.78 is 58.6. The first-order chi connectivity index (χ1) is 17.7. The SMILES string of the molecule is CN(C1CC1)S(=O)(=O)Nc1ccc(F)c(C(=O)c2c[nH]c3ncc(-c4cnc(C5CC5)nc4)cc23)c1F. The molecule has 0 aliphatic heterocycles. The number of nitrogens with zero attached hydrogens (tertiary/aromatic N) is 4. The van der Waals surface area contributed by atoms with Gasteiger partial charge in [0, 0.05) is 65.9 Å². The van der Waals surface area contributed by atoms with Gasteiger partial charge in [-0.25, -0.2) is 23.7 Å². The van der Waals surface area contributed by atoms with E-state index in [9.17, 15) is 17.6 Å². The summed E-state index contributed by atoms with van der Waals surface area (Å²) in [4.78, 5) is 29.4. The number of hydrogen-bond acceptors (Lipinski definition) is 6. The molecule has 2 aliphatic rings. The molecule has 37 heavy (non-hydrogen) atoms. The lowest BCUT2D eigenvalue weighted by atomic mass is 10.0. The van der Waals surface area contributed by atoms with E-state index in [0.29, 0.717) is 40.9 Å². The maximum Gasteiger partial charge on any atom is 0.301 e. The van der Waals surface area contributed by atoms with Crippen LogP contribution in [-0.2, 0) is 10.2 Å². The summed E-state index contributed by atoms with van der Waals surface area (Å²) in [7, 11) is -2.69. The topological polar surface area (TPSA) is 121 Å². The standard InChI is InChI=1S/C25H22F2N6O3S/c1-33(16-4-5-16)37(35,36)32-20-7-6-19(26)21(22(20)27)23(34)18-12-31-25-17(18)8-14(9-30-25)15-10-28-24(29-11-15)13-2-3-13/h6-13,16,32H,2-5H2,1H3,(H,30,31). The second-order valence-corrected chi connectivity index (χ2v) is 11.1. The molecule has 2 fully saturated rings. The molecule has 1 aromatic carbocycles. The molecule has 12 heteroatoms. The van der Waals surface area contributed by atoms with E-state index in [-0.39, 0.29) is 11.6 Å². The Kier molecular flexibility index (Phi) is 5.53. The Hall–Kier alpha value is -3.77. The number of benzene rings is 1.